The Kier molecular flexibility index (Phi) is 7.37. The molecule has 1 heterocycles. The Hall–Kier alpha value is -0.0800. The Morgan fingerprint density at radius 2 is 1.80 bits per heavy atom. The minimum absolute atomic E-state index is 0.791. The second kappa shape index (κ2) is 9.04. The summed E-state index contributed by atoms with van der Waals surface area (Å²) in [6.45, 7) is 9.91. The Morgan fingerprint density at radius 1 is 1.00 bits per heavy atom. The summed E-state index contributed by atoms with van der Waals surface area (Å²) in [7, 11) is 0. The fourth-order valence-corrected chi connectivity index (χ4v) is 4.01. The summed E-state index contributed by atoms with van der Waals surface area (Å²) >= 11 is 0. The van der Waals surface area contributed by atoms with Gasteiger partial charge in [0.2, 0.25) is 0 Å². The van der Waals surface area contributed by atoms with Crippen molar-refractivity contribution in [2.24, 2.45) is 11.8 Å². The third-order valence-electron chi connectivity index (χ3n) is 5.48. The molecule has 0 aromatic carbocycles. The third-order valence-corrected chi connectivity index (χ3v) is 5.48. The van der Waals surface area contributed by atoms with Gasteiger partial charge in [-0.3, -0.25) is 0 Å². The molecule has 1 saturated heterocycles. The molecule has 1 atom stereocenters. The molecule has 2 fully saturated rings. The monoisotopic (exact) mass is 280 g/mol. The first-order valence-electron chi connectivity index (χ1n) is 9.23. The van der Waals surface area contributed by atoms with E-state index in [1.54, 1.807) is 0 Å². The molecule has 118 valence electrons. The zero-order valence-corrected chi connectivity index (χ0v) is 13.9. The van der Waals surface area contributed by atoms with Crippen molar-refractivity contribution in [3.05, 3.63) is 0 Å². The van der Waals surface area contributed by atoms with E-state index >= 15 is 0 Å². The molecule has 1 saturated carbocycles. The summed E-state index contributed by atoms with van der Waals surface area (Å²) in [5.41, 5.74) is 0. The molecule has 1 aliphatic carbocycles. The molecule has 0 amide bonds. The maximum Gasteiger partial charge on any atom is 0.00797 e. The summed E-state index contributed by atoms with van der Waals surface area (Å²) in [6, 6.07) is 0.791. The van der Waals surface area contributed by atoms with Crippen LogP contribution in [0.3, 0.4) is 0 Å². The van der Waals surface area contributed by atoms with Gasteiger partial charge in [0.05, 0.1) is 0 Å². The topological polar surface area (TPSA) is 15.3 Å². The van der Waals surface area contributed by atoms with Crippen LogP contribution in [-0.2, 0) is 0 Å². The normalized spacial score (nSPS) is 33.0. The smallest absolute Gasteiger partial charge is 0.00797 e. The van der Waals surface area contributed by atoms with Crippen molar-refractivity contribution in [1.29, 1.82) is 0 Å². The fourth-order valence-electron chi connectivity index (χ4n) is 4.01. The highest BCUT2D eigenvalue weighted by Gasteiger charge is 2.19. The molecule has 0 bridgehead atoms. The van der Waals surface area contributed by atoms with Crippen molar-refractivity contribution in [3.8, 4) is 0 Å². The zero-order chi connectivity index (χ0) is 14.2. The van der Waals surface area contributed by atoms with Crippen molar-refractivity contribution in [3.63, 3.8) is 0 Å². The lowest BCUT2D eigenvalue weighted by atomic mass is 9.81. The van der Waals surface area contributed by atoms with Crippen molar-refractivity contribution in [2.45, 2.75) is 77.7 Å². The highest BCUT2D eigenvalue weighted by atomic mass is 15.1. The third kappa shape index (κ3) is 5.73. The molecular formula is C18H36N2. The summed E-state index contributed by atoms with van der Waals surface area (Å²) in [5, 5.41) is 3.86. The number of rotatable bonds is 6. The first-order chi connectivity index (χ1) is 9.78. The van der Waals surface area contributed by atoms with Gasteiger partial charge in [0, 0.05) is 6.04 Å². The maximum absolute atomic E-state index is 3.86. The number of likely N-dealkylation sites (tertiary alicyclic amines) is 1. The van der Waals surface area contributed by atoms with Gasteiger partial charge < -0.3 is 10.2 Å². The van der Waals surface area contributed by atoms with Crippen molar-refractivity contribution in [1.82, 2.24) is 10.2 Å². The van der Waals surface area contributed by atoms with Gasteiger partial charge in [0.15, 0.2) is 0 Å². The predicted octanol–water partition coefficient (Wildman–Crippen LogP) is 4.06. The second-order valence-electron chi connectivity index (χ2n) is 7.34. The van der Waals surface area contributed by atoms with Crippen LogP contribution in [0.4, 0.5) is 0 Å². The number of nitrogens with zero attached hydrogens (tertiary/aromatic N) is 1. The highest BCUT2D eigenvalue weighted by Crippen LogP contribution is 2.30. The van der Waals surface area contributed by atoms with Gasteiger partial charge >= 0.3 is 0 Å². The minimum Gasteiger partial charge on any atom is -0.314 e. The minimum atomic E-state index is 0.791. The van der Waals surface area contributed by atoms with E-state index in [2.05, 4.69) is 24.1 Å². The summed E-state index contributed by atoms with van der Waals surface area (Å²) in [4.78, 5) is 2.66. The van der Waals surface area contributed by atoms with E-state index < -0.39 is 0 Å². The van der Waals surface area contributed by atoms with Crippen LogP contribution in [0.5, 0.6) is 0 Å². The van der Waals surface area contributed by atoms with Gasteiger partial charge in [-0.25, -0.2) is 0 Å². The SMILES string of the molecule is CCCN1CCCC(NCCC2CCC(C)CC2)CC1. The molecular weight excluding hydrogens is 244 g/mol. The van der Waals surface area contributed by atoms with Crippen LogP contribution in [-0.4, -0.2) is 37.1 Å². The lowest BCUT2D eigenvalue weighted by molar-refractivity contribution is 0.268. The van der Waals surface area contributed by atoms with Crippen LogP contribution < -0.4 is 5.32 Å². The quantitative estimate of drug-likeness (QED) is 0.789. The Labute approximate surface area is 126 Å². The largest absolute Gasteiger partial charge is 0.314 e. The van der Waals surface area contributed by atoms with E-state index in [-0.39, 0.29) is 0 Å². The molecule has 0 aromatic rings. The van der Waals surface area contributed by atoms with E-state index in [0.717, 1.165) is 17.9 Å². The van der Waals surface area contributed by atoms with Crippen LogP contribution >= 0.6 is 0 Å². The van der Waals surface area contributed by atoms with Crippen LogP contribution in [0, 0.1) is 11.8 Å². The molecule has 2 nitrogen and oxygen atoms in total. The molecule has 2 rings (SSSR count). The van der Waals surface area contributed by atoms with E-state index in [4.69, 9.17) is 0 Å². The van der Waals surface area contributed by atoms with Gasteiger partial charge in [-0.1, -0.05) is 39.5 Å². The van der Waals surface area contributed by atoms with Crippen molar-refractivity contribution < 1.29 is 0 Å². The fraction of sp³-hybridized carbons (Fsp3) is 1.00. The molecule has 2 aliphatic rings. The summed E-state index contributed by atoms with van der Waals surface area (Å²) in [6.07, 6.45) is 12.8. The molecule has 20 heavy (non-hydrogen) atoms. The predicted molar refractivity (Wildman–Crippen MR) is 88.1 cm³/mol. The highest BCUT2D eigenvalue weighted by molar-refractivity contribution is 4.76. The van der Waals surface area contributed by atoms with Gasteiger partial charge in [-0.05, 0) is 70.1 Å². The van der Waals surface area contributed by atoms with E-state index in [9.17, 15) is 0 Å². The zero-order valence-electron chi connectivity index (χ0n) is 13.9. The van der Waals surface area contributed by atoms with Crippen LogP contribution in [0.2, 0.25) is 0 Å². The molecule has 1 aliphatic heterocycles. The van der Waals surface area contributed by atoms with Gasteiger partial charge in [0.25, 0.3) is 0 Å². The molecule has 2 heteroatoms. The van der Waals surface area contributed by atoms with Crippen LogP contribution in [0.15, 0.2) is 0 Å². The first-order valence-corrected chi connectivity index (χ1v) is 9.23. The lowest BCUT2D eigenvalue weighted by Gasteiger charge is -2.27. The van der Waals surface area contributed by atoms with E-state index in [1.807, 2.05) is 0 Å². The van der Waals surface area contributed by atoms with Gasteiger partial charge in [-0.2, -0.15) is 0 Å². The summed E-state index contributed by atoms with van der Waals surface area (Å²) < 4.78 is 0. The number of hydrogen-bond acceptors (Lipinski definition) is 2. The van der Waals surface area contributed by atoms with Crippen molar-refractivity contribution in [2.75, 3.05) is 26.2 Å². The van der Waals surface area contributed by atoms with Crippen molar-refractivity contribution >= 4 is 0 Å². The standard InChI is InChI=1S/C18H36N2/c1-3-13-20-14-4-5-18(11-15-20)19-12-10-17-8-6-16(2)7-9-17/h16-19H,3-15H2,1-2H3. The average molecular weight is 280 g/mol. The van der Waals surface area contributed by atoms with Crippen LogP contribution in [0.25, 0.3) is 0 Å². The number of hydrogen-bond donors (Lipinski definition) is 1. The Bertz CT molecular complexity index is 246. The van der Waals surface area contributed by atoms with Gasteiger partial charge in [0.1, 0.15) is 0 Å². The molecule has 0 spiro atoms. The Balaban J connectivity index is 1.57. The molecule has 0 radical (unpaired) electrons. The summed E-state index contributed by atoms with van der Waals surface area (Å²) in [5.74, 6) is 2.01. The van der Waals surface area contributed by atoms with Gasteiger partial charge in [-0.15, -0.1) is 0 Å². The molecule has 1 N–H and O–H groups in total. The molecule has 0 aromatic heterocycles. The van der Waals surface area contributed by atoms with Crippen LogP contribution in [0.1, 0.15) is 71.6 Å². The first kappa shape index (κ1) is 16.3. The number of nitrogens with one attached hydrogen (secondary N) is 1. The Morgan fingerprint density at radius 3 is 2.55 bits per heavy atom. The van der Waals surface area contributed by atoms with E-state index in [1.165, 1.54) is 84.0 Å². The lowest BCUT2D eigenvalue weighted by Crippen LogP contribution is -2.33. The maximum atomic E-state index is 3.86. The average Bonchev–Trinajstić information content (AvgIpc) is 2.67. The second-order valence-corrected chi connectivity index (χ2v) is 7.34. The van der Waals surface area contributed by atoms with E-state index in [0.29, 0.717) is 0 Å². The molecule has 1 unspecified atom stereocenters.